The zero-order valence-electron chi connectivity index (χ0n) is 9.92. The molecule has 0 fully saturated rings. The van der Waals surface area contributed by atoms with Gasteiger partial charge in [-0.2, -0.15) is 10.4 Å². The van der Waals surface area contributed by atoms with Crippen LogP contribution in [0.5, 0.6) is 0 Å². The lowest BCUT2D eigenvalue weighted by Crippen LogP contribution is -2.12. The van der Waals surface area contributed by atoms with E-state index in [9.17, 15) is 4.79 Å². The number of aryl methyl sites for hydroxylation is 1. The monoisotopic (exact) mass is 240 g/mol. The van der Waals surface area contributed by atoms with E-state index in [1.165, 1.54) is 4.68 Å². The van der Waals surface area contributed by atoms with Crippen molar-refractivity contribution in [2.45, 2.75) is 13.5 Å². The Kier molecular flexibility index (Phi) is 3.39. The van der Waals surface area contributed by atoms with Crippen LogP contribution in [-0.4, -0.2) is 15.7 Å². The fourth-order valence-electron chi connectivity index (χ4n) is 1.56. The van der Waals surface area contributed by atoms with E-state index in [-0.39, 0.29) is 12.5 Å². The maximum Gasteiger partial charge on any atom is 0.256 e. The van der Waals surface area contributed by atoms with Crippen molar-refractivity contribution in [2.24, 2.45) is 0 Å². The topological polar surface area (TPSA) is 70.7 Å². The van der Waals surface area contributed by atoms with Crippen molar-refractivity contribution in [2.75, 3.05) is 5.32 Å². The lowest BCUT2D eigenvalue weighted by Gasteiger charge is -2.02. The van der Waals surface area contributed by atoms with E-state index in [4.69, 9.17) is 5.26 Å². The Morgan fingerprint density at radius 2 is 2.33 bits per heavy atom. The number of aromatic nitrogens is 2. The highest BCUT2D eigenvalue weighted by Crippen LogP contribution is 2.08. The maximum absolute atomic E-state index is 11.9. The first-order valence-electron chi connectivity index (χ1n) is 5.47. The Bertz CT molecular complexity index is 609. The van der Waals surface area contributed by atoms with Gasteiger partial charge in [0.15, 0.2) is 5.82 Å². The summed E-state index contributed by atoms with van der Waals surface area (Å²) in [6, 6.07) is 10.9. The Hall–Kier alpha value is -2.61. The second-order valence-electron chi connectivity index (χ2n) is 3.88. The average Bonchev–Trinajstić information content (AvgIpc) is 2.77. The largest absolute Gasteiger partial charge is 0.305 e. The van der Waals surface area contributed by atoms with Gasteiger partial charge in [0, 0.05) is 17.8 Å². The predicted octanol–water partition coefficient (Wildman–Crippen LogP) is 1.97. The molecule has 1 amide bonds. The molecule has 0 saturated heterocycles. The number of anilines is 1. The first kappa shape index (κ1) is 11.9. The molecule has 0 atom stereocenters. The fraction of sp³-hybridized carbons (Fsp3) is 0.154. The third-order valence-electron chi connectivity index (χ3n) is 2.40. The number of amides is 1. The number of carbonyl (C=O) groups is 1. The van der Waals surface area contributed by atoms with Crippen LogP contribution in [0, 0.1) is 18.3 Å². The minimum atomic E-state index is -0.207. The standard InChI is InChI=1S/C13H12N4O/c1-10-3-2-4-11(9-10)13(18)15-12-5-7-17(16-12)8-6-14/h2-5,7,9H,8H2,1H3,(H,15,16,18). The normalized spacial score (nSPS) is 9.78. The van der Waals surface area contributed by atoms with Gasteiger partial charge in [0.2, 0.25) is 0 Å². The van der Waals surface area contributed by atoms with E-state index in [0.29, 0.717) is 11.4 Å². The number of hydrogen-bond acceptors (Lipinski definition) is 3. The molecule has 0 aliphatic rings. The molecule has 0 radical (unpaired) electrons. The number of nitriles is 1. The summed E-state index contributed by atoms with van der Waals surface area (Å²) in [5.41, 5.74) is 1.61. The van der Waals surface area contributed by atoms with Crippen LogP contribution in [0.3, 0.4) is 0 Å². The van der Waals surface area contributed by atoms with Crippen molar-refractivity contribution in [3.8, 4) is 6.07 Å². The molecule has 2 rings (SSSR count). The van der Waals surface area contributed by atoms with Crippen LogP contribution < -0.4 is 5.32 Å². The van der Waals surface area contributed by atoms with E-state index < -0.39 is 0 Å². The molecular weight excluding hydrogens is 228 g/mol. The minimum absolute atomic E-state index is 0.167. The second-order valence-corrected chi connectivity index (χ2v) is 3.88. The molecule has 90 valence electrons. The van der Waals surface area contributed by atoms with E-state index in [1.54, 1.807) is 18.3 Å². The molecule has 1 N–H and O–H groups in total. The SMILES string of the molecule is Cc1cccc(C(=O)Nc2ccn(CC#N)n2)c1. The third kappa shape index (κ3) is 2.74. The van der Waals surface area contributed by atoms with E-state index in [1.807, 2.05) is 31.2 Å². The van der Waals surface area contributed by atoms with E-state index in [2.05, 4.69) is 10.4 Å². The highest BCUT2D eigenvalue weighted by atomic mass is 16.1. The molecular formula is C13H12N4O. The third-order valence-corrected chi connectivity index (χ3v) is 2.40. The molecule has 18 heavy (non-hydrogen) atoms. The number of carbonyl (C=O) groups excluding carboxylic acids is 1. The van der Waals surface area contributed by atoms with Crippen LogP contribution in [0.15, 0.2) is 36.5 Å². The number of nitrogens with zero attached hydrogens (tertiary/aromatic N) is 3. The quantitative estimate of drug-likeness (QED) is 0.891. The Morgan fingerprint density at radius 1 is 1.50 bits per heavy atom. The molecule has 0 unspecified atom stereocenters. The maximum atomic E-state index is 11.9. The van der Waals surface area contributed by atoms with Gasteiger partial charge in [-0.05, 0) is 19.1 Å². The summed E-state index contributed by atoms with van der Waals surface area (Å²) in [6.07, 6.45) is 1.65. The second kappa shape index (κ2) is 5.15. The first-order valence-corrected chi connectivity index (χ1v) is 5.47. The summed E-state index contributed by atoms with van der Waals surface area (Å²) in [5.74, 6) is 0.234. The van der Waals surface area contributed by atoms with E-state index >= 15 is 0 Å². The molecule has 5 nitrogen and oxygen atoms in total. The molecule has 0 saturated carbocycles. The molecule has 0 bridgehead atoms. The number of benzene rings is 1. The minimum Gasteiger partial charge on any atom is -0.305 e. The summed E-state index contributed by atoms with van der Waals surface area (Å²) in [5, 5.41) is 15.3. The summed E-state index contributed by atoms with van der Waals surface area (Å²) < 4.78 is 1.46. The van der Waals surface area contributed by atoms with Gasteiger partial charge >= 0.3 is 0 Å². The fourth-order valence-corrected chi connectivity index (χ4v) is 1.56. The van der Waals surface area contributed by atoms with Gasteiger partial charge in [0.1, 0.15) is 6.54 Å². The van der Waals surface area contributed by atoms with E-state index in [0.717, 1.165) is 5.56 Å². The zero-order chi connectivity index (χ0) is 13.0. The van der Waals surface area contributed by atoms with Crippen molar-refractivity contribution in [3.63, 3.8) is 0 Å². The molecule has 0 aliphatic carbocycles. The molecule has 0 spiro atoms. The smallest absolute Gasteiger partial charge is 0.256 e. The summed E-state index contributed by atoms with van der Waals surface area (Å²) in [7, 11) is 0. The lowest BCUT2D eigenvalue weighted by atomic mass is 10.1. The highest BCUT2D eigenvalue weighted by molar-refractivity contribution is 6.03. The summed E-state index contributed by atoms with van der Waals surface area (Å²) in [6.45, 7) is 2.10. The van der Waals surface area contributed by atoms with Crippen molar-refractivity contribution < 1.29 is 4.79 Å². The Morgan fingerprint density at radius 3 is 3.06 bits per heavy atom. The van der Waals surface area contributed by atoms with Gasteiger partial charge in [0.25, 0.3) is 5.91 Å². The number of nitrogens with one attached hydrogen (secondary N) is 1. The van der Waals surface area contributed by atoms with Gasteiger partial charge in [-0.3, -0.25) is 9.48 Å². The van der Waals surface area contributed by atoms with Gasteiger partial charge in [-0.15, -0.1) is 0 Å². The molecule has 1 aromatic carbocycles. The van der Waals surface area contributed by atoms with Crippen molar-refractivity contribution in [1.82, 2.24) is 9.78 Å². The number of rotatable bonds is 3. The van der Waals surface area contributed by atoms with Gasteiger partial charge < -0.3 is 5.32 Å². The Labute approximate surface area is 105 Å². The van der Waals surface area contributed by atoms with Crippen molar-refractivity contribution in [1.29, 1.82) is 5.26 Å². The Balaban J connectivity index is 2.09. The summed E-state index contributed by atoms with van der Waals surface area (Å²) >= 11 is 0. The van der Waals surface area contributed by atoms with Crippen LogP contribution in [-0.2, 0) is 6.54 Å². The van der Waals surface area contributed by atoms with Crippen LogP contribution in [0.4, 0.5) is 5.82 Å². The zero-order valence-corrected chi connectivity index (χ0v) is 9.92. The van der Waals surface area contributed by atoms with Gasteiger partial charge in [-0.25, -0.2) is 0 Å². The molecule has 2 aromatic rings. The van der Waals surface area contributed by atoms with Crippen LogP contribution in [0.25, 0.3) is 0 Å². The van der Waals surface area contributed by atoms with Crippen LogP contribution in [0.1, 0.15) is 15.9 Å². The summed E-state index contributed by atoms with van der Waals surface area (Å²) in [4.78, 5) is 11.9. The number of hydrogen-bond donors (Lipinski definition) is 1. The average molecular weight is 240 g/mol. The van der Waals surface area contributed by atoms with Crippen LogP contribution >= 0.6 is 0 Å². The van der Waals surface area contributed by atoms with Crippen LogP contribution in [0.2, 0.25) is 0 Å². The molecule has 5 heteroatoms. The lowest BCUT2D eigenvalue weighted by molar-refractivity contribution is 0.102. The first-order chi connectivity index (χ1) is 8.69. The van der Waals surface area contributed by atoms with Crippen molar-refractivity contribution >= 4 is 11.7 Å². The predicted molar refractivity (Wildman–Crippen MR) is 67.0 cm³/mol. The van der Waals surface area contributed by atoms with Gasteiger partial charge in [-0.1, -0.05) is 17.7 Å². The molecule has 0 aliphatic heterocycles. The highest BCUT2D eigenvalue weighted by Gasteiger charge is 2.07. The molecule has 1 heterocycles. The van der Waals surface area contributed by atoms with Gasteiger partial charge in [0.05, 0.1) is 6.07 Å². The van der Waals surface area contributed by atoms with Crippen molar-refractivity contribution in [3.05, 3.63) is 47.7 Å². The molecule has 1 aromatic heterocycles.